The number of aryl methyl sites for hydroxylation is 1. The molecule has 0 radical (unpaired) electrons. The molecule has 1 atom stereocenters. The highest BCUT2D eigenvalue weighted by atomic mass is 15.0. The van der Waals surface area contributed by atoms with Crippen molar-refractivity contribution in [3.05, 3.63) is 78.2 Å². The lowest BCUT2D eigenvalue weighted by Gasteiger charge is -2.29. The van der Waals surface area contributed by atoms with E-state index in [0.717, 1.165) is 40.1 Å². The number of pyridine rings is 2. The van der Waals surface area contributed by atoms with Crippen molar-refractivity contribution in [2.45, 2.75) is 73.1 Å². The summed E-state index contributed by atoms with van der Waals surface area (Å²) in [5, 5.41) is 11.2. The van der Waals surface area contributed by atoms with Crippen LogP contribution in [0.1, 0.15) is 77.5 Å². The smallest absolute Gasteiger partial charge is 0.160 e. The zero-order chi connectivity index (χ0) is 29.4. The van der Waals surface area contributed by atoms with Gasteiger partial charge in [0.1, 0.15) is 5.82 Å². The lowest BCUT2D eigenvalue weighted by molar-refractivity contribution is 0.265. The number of anilines is 1. The highest BCUT2D eigenvalue weighted by molar-refractivity contribution is 5.86. The van der Waals surface area contributed by atoms with Gasteiger partial charge in [-0.15, -0.1) is 0 Å². The summed E-state index contributed by atoms with van der Waals surface area (Å²) in [7, 11) is 0. The van der Waals surface area contributed by atoms with Crippen LogP contribution in [0, 0.1) is 18.3 Å². The minimum absolute atomic E-state index is 0.540. The molecular weight excluding hydrogens is 506 g/mol. The molecule has 0 aromatic carbocycles. The quantitative estimate of drug-likeness (QED) is 0.305. The minimum Gasteiger partial charge on any atom is -0.384 e. The van der Waals surface area contributed by atoms with Crippen LogP contribution in [0.15, 0.2) is 66.9 Å². The summed E-state index contributed by atoms with van der Waals surface area (Å²) < 4.78 is 0. The van der Waals surface area contributed by atoms with Crippen molar-refractivity contribution in [1.29, 1.82) is 0 Å². The molecule has 0 amide bonds. The fourth-order valence-electron chi connectivity index (χ4n) is 5.14. The Labute approximate surface area is 246 Å². The zero-order valence-electron chi connectivity index (χ0n) is 25.7. The standard InChI is InChI=1S/C25H26N6.C7H15N.C2H6/c1-15-4-7-20(28-12-15)10-16(2)29-23-11-19(8-9-27-23)25-30-17(3)24-21(18-5-6-18)13-26-14-22(24)31-25;1-7(2)4-3-5-8-6-7;1-2/h4,7-11,13-15,18,28H,2,5-6,12H2,1,3H3,(H,27,29);8H,3-6H2,1-2H3;1-2H3/b20-10-;;. The van der Waals surface area contributed by atoms with E-state index in [4.69, 9.17) is 9.97 Å². The van der Waals surface area contributed by atoms with Gasteiger partial charge in [-0.05, 0) is 86.3 Å². The van der Waals surface area contributed by atoms with Crippen molar-refractivity contribution in [2.24, 2.45) is 11.3 Å². The van der Waals surface area contributed by atoms with E-state index in [-0.39, 0.29) is 0 Å². The van der Waals surface area contributed by atoms with Crippen LogP contribution < -0.4 is 16.0 Å². The number of rotatable bonds is 5. The van der Waals surface area contributed by atoms with Gasteiger partial charge in [0.15, 0.2) is 5.82 Å². The van der Waals surface area contributed by atoms with E-state index in [2.05, 4.69) is 72.3 Å². The molecule has 7 nitrogen and oxygen atoms in total. The van der Waals surface area contributed by atoms with Gasteiger partial charge in [-0.3, -0.25) is 4.98 Å². The maximum atomic E-state index is 4.82. The Kier molecular flexibility index (Phi) is 10.3. The molecule has 6 rings (SSSR count). The summed E-state index contributed by atoms with van der Waals surface area (Å²) in [6.45, 7) is 20.3. The molecule has 2 fully saturated rings. The van der Waals surface area contributed by atoms with Gasteiger partial charge in [-0.2, -0.15) is 0 Å². The van der Waals surface area contributed by atoms with Crippen LogP contribution in [-0.4, -0.2) is 39.6 Å². The molecule has 1 unspecified atom stereocenters. The van der Waals surface area contributed by atoms with E-state index in [0.29, 0.717) is 28.9 Å². The van der Waals surface area contributed by atoms with Crippen molar-refractivity contribution in [3.8, 4) is 11.4 Å². The van der Waals surface area contributed by atoms with Crippen molar-refractivity contribution in [1.82, 2.24) is 30.6 Å². The molecule has 1 aliphatic carbocycles. The number of allylic oxidation sites excluding steroid dienone is 2. The Hall–Kier alpha value is -3.58. The predicted molar refractivity (Wildman–Crippen MR) is 172 cm³/mol. The van der Waals surface area contributed by atoms with E-state index in [1.165, 1.54) is 44.3 Å². The molecule has 3 aromatic rings. The Bertz CT molecular complexity index is 1390. The van der Waals surface area contributed by atoms with E-state index < -0.39 is 0 Å². The van der Waals surface area contributed by atoms with Gasteiger partial charge >= 0.3 is 0 Å². The molecular formula is C34H47N7. The number of piperidine rings is 1. The van der Waals surface area contributed by atoms with Crippen LogP contribution in [0.5, 0.6) is 0 Å². The first kappa shape index (κ1) is 30.4. The van der Waals surface area contributed by atoms with E-state index >= 15 is 0 Å². The Morgan fingerprint density at radius 2 is 1.98 bits per heavy atom. The average molecular weight is 554 g/mol. The zero-order valence-corrected chi connectivity index (χ0v) is 25.7. The molecule has 41 heavy (non-hydrogen) atoms. The Morgan fingerprint density at radius 1 is 1.17 bits per heavy atom. The van der Waals surface area contributed by atoms with Crippen LogP contribution in [0.2, 0.25) is 0 Å². The molecule has 5 heterocycles. The van der Waals surface area contributed by atoms with Crippen LogP contribution in [-0.2, 0) is 0 Å². The fraction of sp³-hybridized carbons (Fsp3) is 0.471. The molecule has 218 valence electrons. The average Bonchev–Trinajstić information content (AvgIpc) is 3.81. The first-order chi connectivity index (χ1) is 19.8. The van der Waals surface area contributed by atoms with Crippen LogP contribution >= 0.6 is 0 Å². The molecule has 3 N–H and O–H groups in total. The van der Waals surface area contributed by atoms with Crippen molar-refractivity contribution in [3.63, 3.8) is 0 Å². The molecule has 1 saturated heterocycles. The van der Waals surface area contributed by atoms with E-state index in [9.17, 15) is 0 Å². The van der Waals surface area contributed by atoms with Gasteiger partial charge in [-0.1, -0.05) is 47.3 Å². The summed E-state index contributed by atoms with van der Waals surface area (Å²) in [6, 6.07) is 3.88. The first-order valence-electron chi connectivity index (χ1n) is 15.2. The highest BCUT2D eigenvalue weighted by Gasteiger charge is 2.27. The third kappa shape index (κ3) is 8.46. The van der Waals surface area contributed by atoms with Crippen LogP contribution in [0.4, 0.5) is 5.82 Å². The molecule has 0 spiro atoms. The summed E-state index contributed by atoms with van der Waals surface area (Å²) in [4.78, 5) is 18.5. The summed E-state index contributed by atoms with van der Waals surface area (Å²) in [5.74, 6) is 2.54. The first-order valence-corrected chi connectivity index (χ1v) is 15.2. The lowest BCUT2D eigenvalue weighted by atomic mass is 9.85. The van der Waals surface area contributed by atoms with E-state index in [1.54, 1.807) is 6.20 Å². The highest BCUT2D eigenvalue weighted by Crippen LogP contribution is 2.43. The van der Waals surface area contributed by atoms with Gasteiger partial charge in [0.2, 0.25) is 0 Å². The second-order valence-corrected chi connectivity index (χ2v) is 11.9. The van der Waals surface area contributed by atoms with Gasteiger partial charge in [0.25, 0.3) is 0 Å². The number of hydrogen-bond donors (Lipinski definition) is 3. The SMILES string of the molecule is C=C(/C=C1/C=CC(C)CN1)Nc1cc(-c2nc(C)c3c(C4CC4)cncc3n2)ccn1.CC.CC1(C)CCCNC1. The summed E-state index contributed by atoms with van der Waals surface area (Å²) >= 11 is 0. The molecule has 7 heteroatoms. The van der Waals surface area contributed by atoms with Gasteiger partial charge < -0.3 is 16.0 Å². The Morgan fingerprint density at radius 3 is 2.61 bits per heavy atom. The largest absolute Gasteiger partial charge is 0.384 e. The lowest BCUT2D eigenvalue weighted by Crippen LogP contribution is -2.35. The fourth-order valence-corrected chi connectivity index (χ4v) is 5.14. The second kappa shape index (κ2) is 13.9. The normalized spacial score (nSPS) is 20.2. The summed E-state index contributed by atoms with van der Waals surface area (Å²) in [6.07, 6.45) is 17.0. The van der Waals surface area contributed by atoms with Crippen molar-refractivity contribution >= 4 is 16.7 Å². The number of hydrogen-bond acceptors (Lipinski definition) is 7. The number of fused-ring (bicyclic) bond motifs is 1. The van der Waals surface area contributed by atoms with Crippen molar-refractivity contribution in [2.75, 3.05) is 25.0 Å². The third-order valence-corrected chi connectivity index (χ3v) is 7.51. The molecule has 3 aromatic heterocycles. The van der Waals surface area contributed by atoms with Crippen LogP contribution in [0.3, 0.4) is 0 Å². The van der Waals surface area contributed by atoms with Crippen LogP contribution in [0.25, 0.3) is 22.3 Å². The monoisotopic (exact) mass is 553 g/mol. The summed E-state index contributed by atoms with van der Waals surface area (Å²) in [5.41, 5.74) is 6.45. The van der Waals surface area contributed by atoms with Crippen molar-refractivity contribution < 1.29 is 0 Å². The maximum Gasteiger partial charge on any atom is 0.160 e. The second-order valence-electron chi connectivity index (χ2n) is 11.9. The molecule has 1 saturated carbocycles. The predicted octanol–water partition coefficient (Wildman–Crippen LogP) is 7.30. The molecule has 0 bridgehead atoms. The third-order valence-electron chi connectivity index (χ3n) is 7.51. The number of nitrogens with zero attached hydrogens (tertiary/aromatic N) is 4. The minimum atomic E-state index is 0.540. The van der Waals surface area contributed by atoms with Gasteiger partial charge in [-0.25, -0.2) is 15.0 Å². The number of aromatic nitrogens is 4. The van der Waals surface area contributed by atoms with Gasteiger partial charge in [0, 0.05) is 53.5 Å². The van der Waals surface area contributed by atoms with Gasteiger partial charge in [0.05, 0.1) is 11.7 Å². The molecule has 2 aliphatic heterocycles. The number of nitrogens with one attached hydrogen (secondary N) is 3. The topological polar surface area (TPSA) is 87.7 Å². The Balaban J connectivity index is 0.000000332. The molecule has 3 aliphatic rings. The van der Waals surface area contributed by atoms with E-state index in [1.807, 2.05) is 44.4 Å². The maximum absolute atomic E-state index is 4.82.